The van der Waals surface area contributed by atoms with Crippen molar-refractivity contribution in [2.45, 2.75) is 30.5 Å². The summed E-state index contributed by atoms with van der Waals surface area (Å²) in [5.74, 6) is -0.187. The fraction of sp³-hybridized carbons (Fsp3) is 0.227. The fourth-order valence-electron chi connectivity index (χ4n) is 2.97. The lowest BCUT2D eigenvalue weighted by Gasteiger charge is -2.20. The molecule has 3 rings (SSSR count). The molecule has 29 heavy (non-hydrogen) atoms. The van der Waals surface area contributed by atoms with Crippen molar-refractivity contribution in [1.29, 1.82) is 0 Å². The van der Waals surface area contributed by atoms with E-state index in [1.165, 1.54) is 28.3 Å². The van der Waals surface area contributed by atoms with E-state index >= 15 is 0 Å². The number of amides is 1. The molecule has 0 saturated heterocycles. The van der Waals surface area contributed by atoms with E-state index in [2.05, 4.69) is 5.32 Å². The maximum atomic E-state index is 12.7. The molecule has 0 fully saturated rings. The maximum Gasteiger partial charge on any atom is 0.273 e. The lowest BCUT2D eigenvalue weighted by molar-refractivity contribution is 0.0935. The average molecular weight is 429 g/mol. The van der Waals surface area contributed by atoms with Gasteiger partial charge in [-0.2, -0.15) is 0 Å². The highest BCUT2D eigenvalue weighted by Crippen LogP contribution is 2.25. The molecular weight excluding hydrogens is 404 g/mol. The zero-order valence-electron chi connectivity index (χ0n) is 16.6. The van der Waals surface area contributed by atoms with Gasteiger partial charge in [-0.25, -0.2) is 8.42 Å². The summed E-state index contributed by atoms with van der Waals surface area (Å²) in [7, 11) is -2.08. The van der Waals surface area contributed by atoms with Gasteiger partial charge in [-0.1, -0.05) is 42.8 Å². The Labute approximate surface area is 176 Å². The SMILES string of the molecule is CCC(NC(=O)c1ccc(N(C)S(=O)(=O)c2cccs2)cc1)c1ccc(C)cc1. The first-order valence-corrected chi connectivity index (χ1v) is 11.6. The Morgan fingerprint density at radius 3 is 2.28 bits per heavy atom. The lowest BCUT2D eigenvalue weighted by atomic mass is 10.0. The van der Waals surface area contributed by atoms with Crippen LogP contribution in [0, 0.1) is 6.92 Å². The van der Waals surface area contributed by atoms with E-state index in [0.717, 1.165) is 12.0 Å². The summed E-state index contributed by atoms with van der Waals surface area (Å²) in [5.41, 5.74) is 3.22. The van der Waals surface area contributed by atoms with Crippen molar-refractivity contribution in [2.24, 2.45) is 0 Å². The van der Waals surface area contributed by atoms with Crippen LogP contribution in [0.25, 0.3) is 0 Å². The highest BCUT2D eigenvalue weighted by atomic mass is 32.2. The van der Waals surface area contributed by atoms with Gasteiger partial charge in [0, 0.05) is 12.6 Å². The zero-order chi connectivity index (χ0) is 21.0. The van der Waals surface area contributed by atoms with Gasteiger partial charge in [-0.15, -0.1) is 11.3 Å². The number of nitrogens with one attached hydrogen (secondary N) is 1. The summed E-state index contributed by atoms with van der Waals surface area (Å²) < 4.78 is 26.8. The van der Waals surface area contributed by atoms with Crippen LogP contribution in [0.15, 0.2) is 70.3 Å². The van der Waals surface area contributed by atoms with Crippen molar-refractivity contribution in [1.82, 2.24) is 5.32 Å². The Kier molecular flexibility index (Phi) is 6.39. The number of aryl methyl sites for hydroxylation is 1. The maximum absolute atomic E-state index is 12.7. The molecule has 1 heterocycles. The number of benzene rings is 2. The van der Waals surface area contributed by atoms with Crippen molar-refractivity contribution >= 4 is 33.0 Å². The molecule has 0 bridgehead atoms. The Balaban J connectivity index is 1.73. The van der Waals surface area contributed by atoms with E-state index in [1.54, 1.807) is 41.8 Å². The molecule has 0 radical (unpaired) electrons. The Morgan fingerprint density at radius 1 is 1.07 bits per heavy atom. The van der Waals surface area contributed by atoms with Crippen LogP contribution in [0.3, 0.4) is 0 Å². The standard InChI is InChI=1S/C22H24N2O3S2/c1-4-20(17-9-7-16(2)8-10-17)23-22(25)18-11-13-19(14-12-18)24(3)29(26,27)21-6-5-15-28-21/h5-15,20H,4H2,1-3H3,(H,23,25). The third-order valence-corrected chi connectivity index (χ3v) is 7.95. The number of thiophene rings is 1. The van der Waals surface area contributed by atoms with Crippen molar-refractivity contribution in [3.05, 3.63) is 82.7 Å². The topological polar surface area (TPSA) is 66.5 Å². The minimum atomic E-state index is -3.59. The van der Waals surface area contributed by atoms with Gasteiger partial charge in [-0.3, -0.25) is 9.10 Å². The van der Waals surface area contributed by atoms with E-state index in [4.69, 9.17) is 0 Å². The van der Waals surface area contributed by atoms with Crippen LogP contribution in [0.4, 0.5) is 5.69 Å². The minimum absolute atomic E-state index is 0.0790. The lowest BCUT2D eigenvalue weighted by Crippen LogP contribution is -2.28. The summed E-state index contributed by atoms with van der Waals surface area (Å²) in [4.78, 5) is 12.7. The van der Waals surface area contributed by atoms with Gasteiger partial charge in [0.15, 0.2) is 0 Å². The normalized spacial score (nSPS) is 12.4. The number of carbonyl (C=O) groups excluding carboxylic acids is 1. The molecule has 0 aliphatic rings. The van der Waals surface area contributed by atoms with E-state index in [0.29, 0.717) is 11.3 Å². The van der Waals surface area contributed by atoms with Crippen LogP contribution in [-0.4, -0.2) is 21.4 Å². The molecule has 1 N–H and O–H groups in total. The van der Waals surface area contributed by atoms with Crippen molar-refractivity contribution in [3.63, 3.8) is 0 Å². The average Bonchev–Trinajstić information content (AvgIpc) is 3.28. The van der Waals surface area contributed by atoms with Gasteiger partial charge >= 0.3 is 0 Å². The van der Waals surface area contributed by atoms with Gasteiger partial charge < -0.3 is 5.32 Å². The smallest absolute Gasteiger partial charge is 0.273 e. The summed E-state index contributed by atoms with van der Waals surface area (Å²) in [6.45, 7) is 4.05. The highest BCUT2D eigenvalue weighted by molar-refractivity contribution is 7.94. The largest absolute Gasteiger partial charge is 0.345 e. The molecule has 2 aromatic carbocycles. The van der Waals surface area contributed by atoms with Crippen molar-refractivity contribution in [3.8, 4) is 0 Å². The molecule has 1 aromatic heterocycles. The second-order valence-electron chi connectivity index (χ2n) is 6.80. The van der Waals surface area contributed by atoms with Gasteiger partial charge in [0.1, 0.15) is 4.21 Å². The fourth-order valence-corrected chi connectivity index (χ4v) is 5.32. The third kappa shape index (κ3) is 4.68. The first-order chi connectivity index (χ1) is 13.8. The molecule has 1 atom stereocenters. The predicted octanol–water partition coefficient (Wildman–Crippen LogP) is 4.76. The predicted molar refractivity (Wildman–Crippen MR) is 118 cm³/mol. The molecular formula is C22H24N2O3S2. The molecule has 1 unspecified atom stereocenters. The van der Waals surface area contributed by atoms with Crippen molar-refractivity contribution < 1.29 is 13.2 Å². The van der Waals surface area contributed by atoms with Crippen LogP contribution in [0.5, 0.6) is 0 Å². The Morgan fingerprint density at radius 2 is 1.72 bits per heavy atom. The molecule has 3 aromatic rings. The third-order valence-electron chi connectivity index (χ3n) is 4.80. The summed E-state index contributed by atoms with van der Waals surface area (Å²) >= 11 is 1.18. The van der Waals surface area contributed by atoms with Gasteiger partial charge in [0.25, 0.3) is 15.9 Å². The van der Waals surface area contributed by atoms with Crippen LogP contribution < -0.4 is 9.62 Å². The highest BCUT2D eigenvalue weighted by Gasteiger charge is 2.22. The monoisotopic (exact) mass is 428 g/mol. The number of hydrogen-bond donors (Lipinski definition) is 1. The number of anilines is 1. The van der Waals surface area contributed by atoms with Crippen LogP contribution in [-0.2, 0) is 10.0 Å². The second-order valence-corrected chi connectivity index (χ2v) is 9.94. The van der Waals surface area contributed by atoms with Crippen LogP contribution in [0.1, 0.15) is 40.9 Å². The van der Waals surface area contributed by atoms with E-state index in [1.807, 2.05) is 38.1 Å². The van der Waals surface area contributed by atoms with Crippen LogP contribution >= 0.6 is 11.3 Å². The number of rotatable bonds is 7. The molecule has 7 heteroatoms. The van der Waals surface area contributed by atoms with Crippen LogP contribution in [0.2, 0.25) is 0 Å². The number of hydrogen-bond acceptors (Lipinski definition) is 4. The van der Waals surface area contributed by atoms with Gasteiger partial charge in [-0.05, 0) is 54.6 Å². The molecule has 0 saturated carbocycles. The summed E-state index contributed by atoms with van der Waals surface area (Å²) in [6, 6.07) is 17.9. The van der Waals surface area contributed by atoms with E-state index < -0.39 is 10.0 Å². The zero-order valence-corrected chi connectivity index (χ0v) is 18.3. The van der Waals surface area contributed by atoms with E-state index in [-0.39, 0.29) is 16.2 Å². The number of carbonyl (C=O) groups is 1. The molecule has 152 valence electrons. The Bertz CT molecular complexity index is 1060. The first kappa shape index (κ1) is 21.1. The minimum Gasteiger partial charge on any atom is -0.345 e. The molecule has 0 aliphatic carbocycles. The summed E-state index contributed by atoms with van der Waals surface area (Å²) in [5, 5.41) is 4.78. The molecule has 0 aliphatic heterocycles. The quantitative estimate of drug-likeness (QED) is 0.590. The molecule has 5 nitrogen and oxygen atoms in total. The van der Waals surface area contributed by atoms with Crippen molar-refractivity contribution in [2.75, 3.05) is 11.4 Å². The first-order valence-electron chi connectivity index (χ1n) is 9.33. The number of sulfonamides is 1. The summed E-state index contributed by atoms with van der Waals surface area (Å²) in [6.07, 6.45) is 0.772. The Hall–Kier alpha value is -2.64. The van der Waals surface area contributed by atoms with Gasteiger partial charge in [0.2, 0.25) is 0 Å². The number of nitrogens with zero attached hydrogens (tertiary/aromatic N) is 1. The van der Waals surface area contributed by atoms with Gasteiger partial charge in [0.05, 0.1) is 11.7 Å². The van der Waals surface area contributed by atoms with E-state index in [9.17, 15) is 13.2 Å². The molecule has 0 spiro atoms. The second kappa shape index (κ2) is 8.80. The molecule has 1 amide bonds.